The van der Waals surface area contributed by atoms with Crippen LogP contribution in [0.3, 0.4) is 0 Å². The van der Waals surface area contributed by atoms with Gasteiger partial charge in [-0.05, 0) is 0 Å². The summed E-state index contributed by atoms with van der Waals surface area (Å²) in [6.45, 7) is 1.04. The molecule has 0 saturated carbocycles. The number of carbonyl (C=O) groups excluding carboxylic acids is 1. The van der Waals surface area contributed by atoms with Gasteiger partial charge in [-0.2, -0.15) is 11.8 Å². The fourth-order valence-electron chi connectivity index (χ4n) is 1.50. The Labute approximate surface area is 92.4 Å². The van der Waals surface area contributed by atoms with Crippen LogP contribution >= 0.6 is 11.8 Å². The smallest absolute Gasteiger partial charge is 0.308 e. The number of hydrogen-bond acceptors (Lipinski definition) is 4. The highest BCUT2D eigenvalue weighted by molar-refractivity contribution is 7.99. The molecule has 1 atom stereocenters. The fourth-order valence-corrected chi connectivity index (χ4v) is 2.18. The monoisotopic (exact) mass is 233 g/mol. The van der Waals surface area contributed by atoms with E-state index in [9.17, 15) is 9.59 Å². The number of amides is 1. The van der Waals surface area contributed by atoms with Gasteiger partial charge in [0.1, 0.15) is 0 Å². The number of nitrogens with zero attached hydrogens (tertiary/aromatic N) is 1. The van der Waals surface area contributed by atoms with Crippen LogP contribution in [-0.4, -0.2) is 58.2 Å². The molecule has 1 fully saturated rings. The number of hydrogen-bond donors (Lipinski definition) is 2. The molecule has 0 radical (unpaired) electrons. The number of carbonyl (C=O) groups is 2. The fraction of sp³-hybridized carbons (Fsp3) is 0.778. The molecule has 0 bridgehead atoms. The third-order valence-corrected chi connectivity index (χ3v) is 3.25. The Kier molecular flexibility index (Phi) is 4.90. The van der Waals surface area contributed by atoms with Crippen molar-refractivity contribution in [2.75, 3.05) is 31.2 Å². The van der Waals surface area contributed by atoms with E-state index in [4.69, 9.17) is 10.2 Å². The van der Waals surface area contributed by atoms with E-state index in [1.54, 1.807) is 16.7 Å². The van der Waals surface area contributed by atoms with E-state index in [1.807, 2.05) is 0 Å². The summed E-state index contributed by atoms with van der Waals surface area (Å²) in [7, 11) is 0. The van der Waals surface area contributed by atoms with E-state index in [-0.39, 0.29) is 18.9 Å². The molecule has 2 N–H and O–H groups in total. The molecule has 1 aliphatic rings. The lowest BCUT2D eigenvalue weighted by Crippen LogP contribution is -2.28. The highest BCUT2D eigenvalue weighted by Gasteiger charge is 2.33. The Morgan fingerprint density at radius 2 is 2.27 bits per heavy atom. The second-order valence-corrected chi connectivity index (χ2v) is 4.64. The number of aliphatic carboxylic acids is 1. The first-order chi connectivity index (χ1) is 7.15. The predicted octanol–water partition coefficient (Wildman–Crippen LogP) is -0.355. The van der Waals surface area contributed by atoms with Crippen LogP contribution in [0.2, 0.25) is 0 Å². The maximum Gasteiger partial charge on any atom is 0.308 e. The van der Waals surface area contributed by atoms with Crippen molar-refractivity contribution < 1.29 is 19.8 Å². The van der Waals surface area contributed by atoms with E-state index >= 15 is 0 Å². The summed E-state index contributed by atoms with van der Waals surface area (Å²) >= 11 is 1.56. The van der Waals surface area contributed by atoms with Crippen LogP contribution in [0.15, 0.2) is 0 Å². The van der Waals surface area contributed by atoms with Crippen LogP contribution in [0, 0.1) is 5.92 Å². The van der Waals surface area contributed by atoms with Gasteiger partial charge in [0, 0.05) is 31.0 Å². The molecule has 0 spiro atoms. The van der Waals surface area contributed by atoms with Gasteiger partial charge in [0.05, 0.1) is 12.5 Å². The molecule has 0 aromatic rings. The van der Waals surface area contributed by atoms with Gasteiger partial charge >= 0.3 is 5.97 Å². The minimum atomic E-state index is -0.895. The van der Waals surface area contributed by atoms with Gasteiger partial charge in [0.25, 0.3) is 0 Å². The molecule has 86 valence electrons. The van der Waals surface area contributed by atoms with Crippen molar-refractivity contribution in [2.24, 2.45) is 5.92 Å². The first kappa shape index (κ1) is 12.3. The maximum atomic E-state index is 11.4. The van der Waals surface area contributed by atoms with Crippen molar-refractivity contribution in [3.05, 3.63) is 0 Å². The topological polar surface area (TPSA) is 77.8 Å². The van der Waals surface area contributed by atoms with Crippen molar-refractivity contribution in [3.63, 3.8) is 0 Å². The van der Waals surface area contributed by atoms with Crippen LogP contribution in [0.4, 0.5) is 0 Å². The van der Waals surface area contributed by atoms with Gasteiger partial charge in [0.2, 0.25) is 5.91 Å². The van der Waals surface area contributed by atoms with Gasteiger partial charge in [-0.1, -0.05) is 0 Å². The van der Waals surface area contributed by atoms with E-state index < -0.39 is 11.9 Å². The summed E-state index contributed by atoms with van der Waals surface area (Å²) in [4.78, 5) is 23.6. The number of rotatable bonds is 6. The number of likely N-dealkylation sites (tertiary alicyclic amines) is 1. The van der Waals surface area contributed by atoms with Gasteiger partial charge in [-0.3, -0.25) is 9.59 Å². The summed E-state index contributed by atoms with van der Waals surface area (Å²) in [6.07, 6.45) is 0.125. The van der Waals surface area contributed by atoms with Gasteiger partial charge in [-0.15, -0.1) is 0 Å². The van der Waals surface area contributed by atoms with E-state index in [0.717, 1.165) is 5.75 Å². The molecule has 6 heteroatoms. The van der Waals surface area contributed by atoms with Crippen LogP contribution in [0.5, 0.6) is 0 Å². The Morgan fingerprint density at radius 1 is 1.53 bits per heavy atom. The van der Waals surface area contributed by atoms with E-state index in [0.29, 0.717) is 18.8 Å². The summed E-state index contributed by atoms with van der Waals surface area (Å²) < 4.78 is 0. The SMILES string of the molecule is O=C(O)C1CC(=O)N(CCSCCO)C1. The average molecular weight is 233 g/mol. The quantitative estimate of drug-likeness (QED) is 0.613. The first-order valence-electron chi connectivity index (χ1n) is 4.84. The van der Waals surface area contributed by atoms with Gasteiger partial charge < -0.3 is 15.1 Å². The van der Waals surface area contributed by atoms with E-state index in [2.05, 4.69) is 0 Å². The summed E-state index contributed by atoms with van der Waals surface area (Å²) in [5, 5.41) is 17.3. The Bertz CT molecular complexity index is 246. The Hall–Kier alpha value is -0.750. The molecule has 0 aromatic heterocycles. The molecule has 5 nitrogen and oxygen atoms in total. The lowest BCUT2D eigenvalue weighted by atomic mass is 10.1. The van der Waals surface area contributed by atoms with E-state index in [1.165, 1.54) is 0 Å². The average Bonchev–Trinajstić information content (AvgIpc) is 2.55. The molecule has 1 amide bonds. The molecule has 1 rings (SSSR count). The number of carboxylic acids is 1. The number of thioether (sulfide) groups is 1. The van der Waals surface area contributed by atoms with Crippen molar-refractivity contribution in [3.8, 4) is 0 Å². The maximum absolute atomic E-state index is 11.4. The Morgan fingerprint density at radius 3 is 2.80 bits per heavy atom. The number of aliphatic hydroxyl groups excluding tert-OH is 1. The van der Waals surface area contributed by atoms with Crippen LogP contribution in [-0.2, 0) is 9.59 Å². The van der Waals surface area contributed by atoms with Gasteiger partial charge in [0.15, 0.2) is 0 Å². The van der Waals surface area contributed by atoms with Crippen molar-refractivity contribution in [1.82, 2.24) is 4.90 Å². The summed E-state index contributed by atoms with van der Waals surface area (Å²) in [6, 6.07) is 0. The number of aliphatic hydroxyl groups is 1. The zero-order valence-electron chi connectivity index (χ0n) is 8.39. The molecule has 0 aliphatic carbocycles. The van der Waals surface area contributed by atoms with Crippen LogP contribution in [0.25, 0.3) is 0 Å². The molecular weight excluding hydrogens is 218 g/mol. The summed E-state index contributed by atoms with van der Waals surface area (Å²) in [5.74, 6) is -0.107. The van der Waals surface area contributed by atoms with Crippen molar-refractivity contribution in [2.45, 2.75) is 6.42 Å². The predicted molar refractivity (Wildman–Crippen MR) is 56.7 cm³/mol. The third-order valence-electron chi connectivity index (χ3n) is 2.30. The largest absolute Gasteiger partial charge is 0.481 e. The zero-order valence-corrected chi connectivity index (χ0v) is 9.20. The first-order valence-corrected chi connectivity index (χ1v) is 5.99. The molecule has 1 aliphatic heterocycles. The zero-order chi connectivity index (χ0) is 11.3. The lowest BCUT2D eigenvalue weighted by Gasteiger charge is -2.15. The lowest BCUT2D eigenvalue weighted by molar-refractivity contribution is -0.141. The summed E-state index contributed by atoms with van der Waals surface area (Å²) in [5.41, 5.74) is 0. The van der Waals surface area contributed by atoms with Crippen LogP contribution in [0.1, 0.15) is 6.42 Å². The molecule has 1 unspecified atom stereocenters. The molecule has 0 aromatic carbocycles. The van der Waals surface area contributed by atoms with Gasteiger partial charge in [-0.25, -0.2) is 0 Å². The molecule has 15 heavy (non-hydrogen) atoms. The van der Waals surface area contributed by atoms with Crippen LogP contribution < -0.4 is 0 Å². The van der Waals surface area contributed by atoms with Crippen molar-refractivity contribution >= 4 is 23.6 Å². The standard InChI is InChI=1S/C9H15NO4S/c11-2-4-15-3-1-10-6-7(9(13)14)5-8(10)12/h7,11H,1-6H2,(H,13,14). The highest BCUT2D eigenvalue weighted by Crippen LogP contribution is 2.18. The highest BCUT2D eigenvalue weighted by atomic mass is 32.2. The molecular formula is C9H15NO4S. The second-order valence-electron chi connectivity index (χ2n) is 3.42. The normalized spacial score (nSPS) is 21.0. The number of carboxylic acid groups (broad SMARTS) is 1. The minimum Gasteiger partial charge on any atom is -0.481 e. The second kappa shape index (κ2) is 5.97. The minimum absolute atomic E-state index is 0.0769. The molecule has 1 saturated heterocycles. The molecule has 1 heterocycles. The Balaban J connectivity index is 2.25. The third kappa shape index (κ3) is 3.71. The van der Waals surface area contributed by atoms with Crippen molar-refractivity contribution in [1.29, 1.82) is 0 Å².